The molecule has 1 aliphatic rings. The smallest absolute Gasteiger partial charge is 0.122 e. The normalized spacial score (nSPS) is 15.5. The third-order valence-corrected chi connectivity index (χ3v) is 3.64. The molecule has 18 heavy (non-hydrogen) atoms. The van der Waals surface area contributed by atoms with Gasteiger partial charge in [-0.1, -0.05) is 20.3 Å². The lowest BCUT2D eigenvalue weighted by Crippen LogP contribution is -2.25. The van der Waals surface area contributed by atoms with Crippen molar-refractivity contribution in [2.75, 3.05) is 13.1 Å². The summed E-state index contributed by atoms with van der Waals surface area (Å²) in [6.07, 6.45) is 7.03. The summed E-state index contributed by atoms with van der Waals surface area (Å²) in [5, 5.41) is 3.56. The van der Waals surface area contributed by atoms with Gasteiger partial charge in [0.2, 0.25) is 0 Å². The van der Waals surface area contributed by atoms with Crippen LogP contribution >= 0.6 is 0 Å². The Bertz CT molecular complexity index is 344. The van der Waals surface area contributed by atoms with Gasteiger partial charge in [0.1, 0.15) is 5.76 Å². The third-order valence-electron chi connectivity index (χ3n) is 3.64. The molecule has 1 heterocycles. The lowest BCUT2D eigenvalue weighted by atomic mass is 10.2. The molecule has 102 valence electrons. The zero-order valence-corrected chi connectivity index (χ0v) is 11.7. The molecule has 0 radical (unpaired) electrons. The van der Waals surface area contributed by atoms with E-state index >= 15 is 0 Å². The SMILES string of the molecule is CCCCN(CC)Cc1occc1CNC1CC1. The molecule has 1 N–H and O–H groups in total. The van der Waals surface area contributed by atoms with Crippen molar-refractivity contribution < 1.29 is 4.42 Å². The van der Waals surface area contributed by atoms with Crippen molar-refractivity contribution in [2.45, 2.75) is 58.7 Å². The van der Waals surface area contributed by atoms with Gasteiger partial charge >= 0.3 is 0 Å². The van der Waals surface area contributed by atoms with Gasteiger partial charge in [-0.3, -0.25) is 4.90 Å². The Labute approximate surface area is 111 Å². The van der Waals surface area contributed by atoms with E-state index in [0.29, 0.717) is 0 Å². The van der Waals surface area contributed by atoms with E-state index < -0.39 is 0 Å². The van der Waals surface area contributed by atoms with Crippen molar-refractivity contribution in [1.82, 2.24) is 10.2 Å². The summed E-state index contributed by atoms with van der Waals surface area (Å²) in [4.78, 5) is 2.46. The summed E-state index contributed by atoms with van der Waals surface area (Å²) in [7, 11) is 0. The fourth-order valence-corrected chi connectivity index (χ4v) is 2.14. The van der Waals surface area contributed by atoms with E-state index in [0.717, 1.165) is 31.4 Å². The van der Waals surface area contributed by atoms with Gasteiger partial charge in [0.05, 0.1) is 12.8 Å². The second-order valence-corrected chi connectivity index (χ2v) is 5.25. The van der Waals surface area contributed by atoms with Crippen LogP contribution in [0.5, 0.6) is 0 Å². The van der Waals surface area contributed by atoms with Crippen LogP contribution in [-0.4, -0.2) is 24.0 Å². The largest absolute Gasteiger partial charge is 0.468 e. The highest BCUT2D eigenvalue weighted by Crippen LogP contribution is 2.20. The van der Waals surface area contributed by atoms with Crippen LogP contribution in [0.3, 0.4) is 0 Å². The van der Waals surface area contributed by atoms with Crippen LogP contribution in [0.2, 0.25) is 0 Å². The maximum Gasteiger partial charge on any atom is 0.122 e. The summed E-state index contributed by atoms with van der Waals surface area (Å²) in [5.41, 5.74) is 1.33. The van der Waals surface area contributed by atoms with Gasteiger partial charge in [-0.15, -0.1) is 0 Å². The Morgan fingerprint density at radius 2 is 2.22 bits per heavy atom. The first kappa shape index (κ1) is 13.6. The van der Waals surface area contributed by atoms with Crippen LogP contribution in [0.4, 0.5) is 0 Å². The van der Waals surface area contributed by atoms with Crippen LogP contribution in [0, 0.1) is 0 Å². The zero-order chi connectivity index (χ0) is 12.8. The fraction of sp³-hybridized carbons (Fsp3) is 0.733. The van der Waals surface area contributed by atoms with Crippen LogP contribution in [0.1, 0.15) is 50.9 Å². The van der Waals surface area contributed by atoms with Crippen molar-refractivity contribution in [3.63, 3.8) is 0 Å². The minimum Gasteiger partial charge on any atom is -0.468 e. The van der Waals surface area contributed by atoms with Crippen molar-refractivity contribution in [1.29, 1.82) is 0 Å². The molecule has 0 unspecified atom stereocenters. The summed E-state index contributed by atoms with van der Waals surface area (Å²) in [6, 6.07) is 2.87. The highest BCUT2D eigenvalue weighted by molar-refractivity contribution is 5.17. The topological polar surface area (TPSA) is 28.4 Å². The molecule has 1 aliphatic carbocycles. The summed E-state index contributed by atoms with van der Waals surface area (Å²) in [5.74, 6) is 1.14. The molecule has 0 aromatic carbocycles. The number of nitrogens with zero attached hydrogens (tertiary/aromatic N) is 1. The molecule has 0 saturated heterocycles. The van der Waals surface area contributed by atoms with E-state index in [9.17, 15) is 0 Å². The molecule has 0 aliphatic heterocycles. The molecule has 3 heteroatoms. The average Bonchev–Trinajstić information content (AvgIpc) is 3.12. The van der Waals surface area contributed by atoms with Crippen molar-refractivity contribution in [3.05, 3.63) is 23.7 Å². The molecule has 3 nitrogen and oxygen atoms in total. The predicted octanol–water partition coefficient (Wildman–Crippen LogP) is 3.15. The Kier molecular flexibility index (Phi) is 5.26. The molecular weight excluding hydrogens is 224 g/mol. The second kappa shape index (κ2) is 6.95. The first-order valence-electron chi connectivity index (χ1n) is 7.34. The Morgan fingerprint density at radius 1 is 1.39 bits per heavy atom. The van der Waals surface area contributed by atoms with Crippen molar-refractivity contribution >= 4 is 0 Å². The first-order chi connectivity index (χ1) is 8.83. The van der Waals surface area contributed by atoms with Crippen LogP contribution < -0.4 is 5.32 Å². The summed E-state index contributed by atoms with van der Waals surface area (Å²) in [6.45, 7) is 8.64. The van der Waals surface area contributed by atoms with Gasteiger partial charge in [-0.05, 0) is 38.4 Å². The quantitative estimate of drug-likeness (QED) is 0.730. The summed E-state index contributed by atoms with van der Waals surface area (Å²) >= 11 is 0. The molecular formula is C15H26N2O. The maximum atomic E-state index is 5.65. The molecule has 1 fully saturated rings. The molecule has 0 amide bonds. The molecule has 0 spiro atoms. The lowest BCUT2D eigenvalue weighted by Gasteiger charge is -2.19. The molecule has 1 saturated carbocycles. The monoisotopic (exact) mass is 250 g/mol. The molecule has 1 aromatic heterocycles. The molecule has 0 bridgehead atoms. The number of furan rings is 1. The van der Waals surface area contributed by atoms with Crippen LogP contribution in [0.15, 0.2) is 16.7 Å². The van der Waals surface area contributed by atoms with E-state index in [-0.39, 0.29) is 0 Å². The van der Waals surface area contributed by atoms with E-state index in [1.54, 1.807) is 0 Å². The minimum absolute atomic E-state index is 0.759. The van der Waals surface area contributed by atoms with Gasteiger partial charge in [0.25, 0.3) is 0 Å². The van der Waals surface area contributed by atoms with E-state index in [1.807, 2.05) is 6.26 Å². The van der Waals surface area contributed by atoms with E-state index in [1.165, 1.54) is 37.8 Å². The molecule has 2 rings (SSSR count). The minimum atomic E-state index is 0.759. The maximum absolute atomic E-state index is 5.65. The molecule has 1 aromatic rings. The van der Waals surface area contributed by atoms with Gasteiger partial charge in [-0.25, -0.2) is 0 Å². The molecule has 0 atom stereocenters. The summed E-state index contributed by atoms with van der Waals surface area (Å²) < 4.78 is 5.65. The number of nitrogens with one attached hydrogen (secondary N) is 1. The van der Waals surface area contributed by atoms with E-state index in [2.05, 4.69) is 30.1 Å². The standard InChI is InChI=1S/C15H26N2O/c1-3-5-9-17(4-2)12-15-13(8-10-18-15)11-16-14-6-7-14/h8,10,14,16H,3-7,9,11-12H2,1-2H3. The van der Waals surface area contributed by atoms with Gasteiger partial charge in [0.15, 0.2) is 0 Å². The lowest BCUT2D eigenvalue weighted by molar-refractivity contribution is 0.250. The number of unbranched alkanes of at least 4 members (excludes halogenated alkanes) is 1. The van der Waals surface area contributed by atoms with Gasteiger partial charge in [0, 0.05) is 18.2 Å². The Balaban J connectivity index is 1.84. The highest BCUT2D eigenvalue weighted by Gasteiger charge is 2.21. The van der Waals surface area contributed by atoms with Crippen molar-refractivity contribution in [3.8, 4) is 0 Å². The van der Waals surface area contributed by atoms with Gasteiger partial charge in [-0.2, -0.15) is 0 Å². The van der Waals surface area contributed by atoms with Crippen LogP contribution in [0.25, 0.3) is 0 Å². The average molecular weight is 250 g/mol. The fourth-order valence-electron chi connectivity index (χ4n) is 2.14. The highest BCUT2D eigenvalue weighted by atomic mass is 16.3. The van der Waals surface area contributed by atoms with Crippen LogP contribution in [-0.2, 0) is 13.1 Å². The first-order valence-corrected chi connectivity index (χ1v) is 7.34. The van der Waals surface area contributed by atoms with Gasteiger partial charge < -0.3 is 9.73 Å². The third kappa shape index (κ3) is 4.14. The number of rotatable bonds is 9. The van der Waals surface area contributed by atoms with Crippen molar-refractivity contribution in [2.24, 2.45) is 0 Å². The number of hydrogen-bond acceptors (Lipinski definition) is 3. The zero-order valence-electron chi connectivity index (χ0n) is 11.7. The predicted molar refractivity (Wildman–Crippen MR) is 74.4 cm³/mol. The number of hydrogen-bond donors (Lipinski definition) is 1. The Hall–Kier alpha value is -0.800. The van der Waals surface area contributed by atoms with E-state index in [4.69, 9.17) is 4.42 Å². The Morgan fingerprint density at radius 3 is 2.89 bits per heavy atom. The second-order valence-electron chi connectivity index (χ2n) is 5.25.